The summed E-state index contributed by atoms with van der Waals surface area (Å²) in [7, 11) is -4.54. The van der Waals surface area contributed by atoms with Crippen molar-refractivity contribution in [1.29, 1.82) is 5.26 Å². The van der Waals surface area contributed by atoms with E-state index < -0.39 is 26.7 Å². The van der Waals surface area contributed by atoms with Gasteiger partial charge in [0.15, 0.2) is 0 Å². The highest BCUT2D eigenvalue weighted by Gasteiger charge is 2.37. The minimum absolute atomic E-state index is 0.0444. The van der Waals surface area contributed by atoms with Crippen LogP contribution in [0.1, 0.15) is 11.1 Å². The lowest BCUT2D eigenvalue weighted by Gasteiger charge is -2.15. The van der Waals surface area contributed by atoms with E-state index in [0.717, 1.165) is 18.2 Å². The average molecular weight is 361 g/mol. The Morgan fingerprint density at radius 2 is 1.78 bits per heavy atom. The second-order valence-corrected chi connectivity index (χ2v) is 6.46. The van der Waals surface area contributed by atoms with Crippen LogP contribution in [0, 0.1) is 11.3 Å². The number of nitrogens with one attached hydrogen (secondary N) is 1. The summed E-state index contributed by atoms with van der Waals surface area (Å²) in [6.45, 7) is 0. The minimum atomic E-state index is -4.83. The molecule has 2 aromatic rings. The summed E-state index contributed by atoms with van der Waals surface area (Å²) in [4.78, 5) is -0.925. The van der Waals surface area contributed by atoms with Crippen molar-refractivity contribution in [3.05, 3.63) is 58.6 Å². The SMILES string of the molecule is N#Cc1ccc(Cl)c(NS(=O)(=O)c2ccccc2C(F)(F)F)c1. The fourth-order valence-corrected chi connectivity index (χ4v) is 3.33. The third-order valence-electron chi connectivity index (χ3n) is 2.82. The Hall–Kier alpha value is -2.24. The summed E-state index contributed by atoms with van der Waals surface area (Å²) in [6, 6.07) is 9.31. The molecule has 1 N–H and O–H groups in total. The number of halogens is 4. The Bertz CT molecular complexity index is 890. The van der Waals surface area contributed by atoms with Crippen molar-refractivity contribution in [1.82, 2.24) is 0 Å². The highest BCUT2D eigenvalue weighted by atomic mass is 35.5. The van der Waals surface area contributed by atoms with E-state index in [0.29, 0.717) is 6.07 Å². The maximum absolute atomic E-state index is 13.0. The van der Waals surface area contributed by atoms with Gasteiger partial charge in [-0.05, 0) is 30.3 Å². The van der Waals surface area contributed by atoms with E-state index in [4.69, 9.17) is 16.9 Å². The fourth-order valence-electron chi connectivity index (χ4n) is 1.81. The largest absolute Gasteiger partial charge is 0.417 e. The van der Waals surface area contributed by atoms with Gasteiger partial charge in [-0.3, -0.25) is 4.72 Å². The molecule has 0 fully saturated rings. The number of sulfonamides is 1. The molecule has 0 atom stereocenters. The maximum atomic E-state index is 13.0. The molecule has 2 aromatic carbocycles. The van der Waals surface area contributed by atoms with Crippen molar-refractivity contribution in [2.75, 3.05) is 4.72 Å². The molecule has 0 saturated carbocycles. The van der Waals surface area contributed by atoms with Crippen molar-refractivity contribution in [3.8, 4) is 6.07 Å². The topological polar surface area (TPSA) is 70.0 Å². The summed E-state index contributed by atoms with van der Waals surface area (Å²) < 4.78 is 65.4. The normalized spacial score (nSPS) is 11.8. The first kappa shape index (κ1) is 17.1. The fraction of sp³-hybridized carbons (Fsp3) is 0.0714. The first-order valence-corrected chi connectivity index (χ1v) is 7.90. The molecule has 0 saturated heterocycles. The number of rotatable bonds is 3. The summed E-state index contributed by atoms with van der Waals surface area (Å²) in [5, 5.41) is 8.76. The van der Waals surface area contributed by atoms with E-state index >= 15 is 0 Å². The van der Waals surface area contributed by atoms with Gasteiger partial charge in [0.25, 0.3) is 10.0 Å². The molecule has 0 aliphatic rings. The van der Waals surface area contributed by atoms with Gasteiger partial charge in [0, 0.05) is 0 Å². The van der Waals surface area contributed by atoms with Gasteiger partial charge in [0.05, 0.1) is 32.8 Å². The molecule has 0 aliphatic heterocycles. The Balaban J connectivity index is 2.52. The molecule has 9 heteroatoms. The quantitative estimate of drug-likeness (QED) is 0.898. The highest BCUT2D eigenvalue weighted by Crippen LogP contribution is 2.35. The first-order chi connectivity index (χ1) is 10.6. The summed E-state index contributed by atoms with van der Waals surface area (Å²) in [5.74, 6) is 0. The third-order valence-corrected chi connectivity index (χ3v) is 4.58. The molecular formula is C14H8ClF3N2O2S. The Morgan fingerprint density at radius 1 is 1.13 bits per heavy atom. The summed E-state index contributed by atoms with van der Waals surface area (Å²) in [5.41, 5.74) is -1.36. The molecule has 23 heavy (non-hydrogen) atoms. The van der Waals surface area contributed by atoms with Gasteiger partial charge < -0.3 is 0 Å². The first-order valence-electron chi connectivity index (χ1n) is 6.04. The van der Waals surface area contributed by atoms with Crippen LogP contribution in [0.25, 0.3) is 0 Å². The van der Waals surface area contributed by atoms with Crippen LogP contribution >= 0.6 is 11.6 Å². The molecule has 0 aliphatic carbocycles. The molecule has 0 amide bonds. The molecular weight excluding hydrogens is 353 g/mol. The Kier molecular flexibility index (Phi) is 4.54. The molecule has 0 spiro atoms. The van der Waals surface area contributed by atoms with Crippen molar-refractivity contribution in [2.24, 2.45) is 0 Å². The van der Waals surface area contributed by atoms with Crippen LogP contribution in [0.4, 0.5) is 18.9 Å². The molecule has 0 radical (unpaired) electrons. The zero-order valence-corrected chi connectivity index (χ0v) is 12.8. The molecule has 0 aromatic heterocycles. The number of nitrogens with zero attached hydrogens (tertiary/aromatic N) is 1. The monoisotopic (exact) mass is 360 g/mol. The van der Waals surface area contributed by atoms with Gasteiger partial charge in [-0.1, -0.05) is 23.7 Å². The maximum Gasteiger partial charge on any atom is 0.417 e. The van der Waals surface area contributed by atoms with Gasteiger partial charge in [0.2, 0.25) is 0 Å². The van der Waals surface area contributed by atoms with E-state index in [1.165, 1.54) is 18.2 Å². The predicted octanol–water partition coefficient (Wildman–Crippen LogP) is 4.03. The number of hydrogen-bond acceptors (Lipinski definition) is 3. The van der Waals surface area contributed by atoms with Crippen molar-refractivity contribution in [3.63, 3.8) is 0 Å². The summed E-state index contributed by atoms with van der Waals surface area (Å²) >= 11 is 5.82. The number of hydrogen-bond donors (Lipinski definition) is 1. The Morgan fingerprint density at radius 3 is 2.39 bits per heavy atom. The van der Waals surface area contributed by atoms with Crippen molar-refractivity contribution in [2.45, 2.75) is 11.1 Å². The van der Waals surface area contributed by atoms with E-state index in [9.17, 15) is 21.6 Å². The van der Waals surface area contributed by atoms with Crippen molar-refractivity contribution >= 4 is 27.3 Å². The lowest BCUT2D eigenvalue weighted by Crippen LogP contribution is -2.19. The molecule has 0 heterocycles. The van der Waals surface area contributed by atoms with Gasteiger partial charge in [0.1, 0.15) is 0 Å². The number of nitriles is 1. The highest BCUT2D eigenvalue weighted by molar-refractivity contribution is 7.92. The minimum Gasteiger partial charge on any atom is -0.278 e. The molecule has 0 bridgehead atoms. The van der Waals surface area contributed by atoms with Crippen LogP contribution in [-0.2, 0) is 16.2 Å². The Labute approximate surface area is 135 Å². The average Bonchev–Trinajstić information content (AvgIpc) is 2.48. The van der Waals surface area contributed by atoms with Gasteiger partial charge >= 0.3 is 6.18 Å². The second-order valence-electron chi connectivity index (χ2n) is 4.41. The van der Waals surface area contributed by atoms with Crippen LogP contribution < -0.4 is 4.72 Å². The lowest BCUT2D eigenvalue weighted by molar-refractivity contribution is -0.139. The predicted molar refractivity (Wildman–Crippen MR) is 78.4 cm³/mol. The van der Waals surface area contributed by atoms with E-state index in [-0.39, 0.29) is 16.3 Å². The lowest BCUT2D eigenvalue weighted by atomic mass is 10.2. The number of benzene rings is 2. The smallest absolute Gasteiger partial charge is 0.278 e. The van der Waals surface area contributed by atoms with Crippen LogP contribution in [0.15, 0.2) is 47.4 Å². The molecule has 4 nitrogen and oxygen atoms in total. The van der Waals surface area contributed by atoms with Gasteiger partial charge in [-0.2, -0.15) is 18.4 Å². The molecule has 120 valence electrons. The van der Waals surface area contributed by atoms with Crippen LogP contribution in [0.5, 0.6) is 0 Å². The zero-order valence-electron chi connectivity index (χ0n) is 11.2. The van der Waals surface area contributed by atoms with Gasteiger partial charge in [-0.15, -0.1) is 0 Å². The van der Waals surface area contributed by atoms with E-state index in [1.54, 1.807) is 6.07 Å². The van der Waals surface area contributed by atoms with E-state index in [1.807, 2.05) is 4.72 Å². The van der Waals surface area contributed by atoms with Crippen LogP contribution in [0.3, 0.4) is 0 Å². The van der Waals surface area contributed by atoms with Crippen LogP contribution in [-0.4, -0.2) is 8.42 Å². The number of anilines is 1. The van der Waals surface area contributed by atoms with Gasteiger partial charge in [-0.25, -0.2) is 8.42 Å². The standard InChI is InChI=1S/C14H8ClF3N2O2S/c15-11-6-5-9(8-19)7-12(11)20-23(21,22)13-4-2-1-3-10(13)14(16,17)18/h1-7,20H. The van der Waals surface area contributed by atoms with Crippen LogP contribution in [0.2, 0.25) is 5.02 Å². The summed E-state index contributed by atoms with van der Waals surface area (Å²) in [6.07, 6.45) is -4.83. The third kappa shape index (κ3) is 3.75. The second kappa shape index (κ2) is 6.10. The molecule has 0 unspecified atom stereocenters. The zero-order chi connectivity index (χ0) is 17.3. The van der Waals surface area contributed by atoms with E-state index in [2.05, 4.69) is 0 Å². The molecule has 2 rings (SSSR count). The van der Waals surface area contributed by atoms with Crippen molar-refractivity contribution < 1.29 is 21.6 Å². The number of alkyl halides is 3.